The molecule has 1 N–H and O–H groups in total. The van der Waals surface area contributed by atoms with Crippen molar-refractivity contribution in [1.29, 1.82) is 0 Å². The predicted octanol–water partition coefficient (Wildman–Crippen LogP) is 4.87. The number of carbonyl (C=O) groups excluding carboxylic acids is 1. The molecular weight excluding hydrogens is 370 g/mol. The molecule has 29 heavy (non-hydrogen) atoms. The third kappa shape index (κ3) is 4.76. The Bertz CT molecular complexity index is 1020. The summed E-state index contributed by atoms with van der Waals surface area (Å²) < 4.78 is 5.00. The number of nitro groups is 1. The van der Waals surface area contributed by atoms with Crippen LogP contribution in [0.25, 0.3) is 11.3 Å². The summed E-state index contributed by atoms with van der Waals surface area (Å²) in [5.74, 6) is -0.0902. The van der Waals surface area contributed by atoms with Crippen molar-refractivity contribution in [3.63, 3.8) is 0 Å². The summed E-state index contributed by atoms with van der Waals surface area (Å²) in [6.07, 6.45) is 3.92. The lowest BCUT2D eigenvalue weighted by Gasteiger charge is -2.08. The van der Waals surface area contributed by atoms with Crippen LogP contribution >= 0.6 is 0 Å². The molecule has 0 saturated carbocycles. The highest BCUT2D eigenvalue weighted by molar-refractivity contribution is 6.05. The van der Waals surface area contributed by atoms with Crippen molar-refractivity contribution >= 4 is 17.3 Å². The summed E-state index contributed by atoms with van der Waals surface area (Å²) in [4.78, 5) is 27.7. The fraction of sp³-hybridized carbons (Fsp3) is 0.182. The highest BCUT2D eigenvalue weighted by atomic mass is 16.6. The predicted molar refractivity (Wildman–Crippen MR) is 111 cm³/mol. The Hall–Kier alpha value is -3.74. The highest BCUT2D eigenvalue weighted by Crippen LogP contribution is 2.29. The number of aryl methyl sites for hydroxylation is 1. The first kappa shape index (κ1) is 20.0. The molecule has 2 aromatic carbocycles. The number of benzene rings is 2. The number of ether oxygens (including phenoxy) is 1. The van der Waals surface area contributed by atoms with E-state index in [4.69, 9.17) is 4.74 Å². The van der Waals surface area contributed by atoms with Gasteiger partial charge >= 0.3 is 0 Å². The molecule has 0 spiro atoms. The van der Waals surface area contributed by atoms with Crippen LogP contribution in [-0.4, -0.2) is 22.9 Å². The molecule has 7 nitrogen and oxygen atoms in total. The van der Waals surface area contributed by atoms with Crippen LogP contribution in [0.2, 0.25) is 0 Å². The van der Waals surface area contributed by atoms with Crippen LogP contribution in [-0.2, 0) is 6.42 Å². The summed E-state index contributed by atoms with van der Waals surface area (Å²) in [7, 11) is 1.42. The van der Waals surface area contributed by atoms with Crippen LogP contribution in [0.1, 0.15) is 29.3 Å². The molecule has 0 radical (unpaired) electrons. The monoisotopic (exact) mass is 391 g/mol. The van der Waals surface area contributed by atoms with Crippen molar-refractivity contribution in [2.45, 2.75) is 19.8 Å². The fourth-order valence-electron chi connectivity index (χ4n) is 2.91. The number of aromatic nitrogens is 1. The van der Waals surface area contributed by atoms with Crippen molar-refractivity contribution in [1.82, 2.24) is 4.98 Å². The minimum atomic E-state index is -0.560. The molecule has 0 aliphatic heterocycles. The van der Waals surface area contributed by atoms with Gasteiger partial charge in [-0.3, -0.25) is 19.9 Å². The number of rotatable bonds is 7. The number of hydrogen-bond donors (Lipinski definition) is 1. The molecular formula is C22H21N3O4. The first-order chi connectivity index (χ1) is 14.0. The standard InChI is InChI=1S/C22H21N3O4/c1-3-4-15-5-11-19(23-14-15)16-6-8-17(9-7-16)22(26)24-20-12-10-18(29-2)13-21(20)25(27)28/h5-14H,3-4H2,1-2H3,(H,24,26). The van der Waals surface area contributed by atoms with Crippen molar-refractivity contribution in [2.75, 3.05) is 12.4 Å². The van der Waals surface area contributed by atoms with Gasteiger partial charge in [0.15, 0.2) is 0 Å². The van der Waals surface area contributed by atoms with E-state index in [1.54, 1.807) is 30.3 Å². The lowest BCUT2D eigenvalue weighted by atomic mass is 10.1. The Labute approximate surface area is 168 Å². The molecule has 0 saturated heterocycles. The summed E-state index contributed by atoms with van der Waals surface area (Å²) in [5.41, 5.74) is 3.17. The first-order valence-electron chi connectivity index (χ1n) is 9.21. The van der Waals surface area contributed by atoms with Crippen molar-refractivity contribution < 1.29 is 14.5 Å². The van der Waals surface area contributed by atoms with E-state index in [9.17, 15) is 14.9 Å². The zero-order valence-electron chi connectivity index (χ0n) is 16.2. The fourth-order valence-corrected chi connectivity index (χ4v) is 2.91. The maximum atomic E-state index is 12.5. The largest absolute Gasteiger partial charge is 0.496 e. The zero-order chi connectivity index (χ0) is 20.8. The van der Waals surface area contributed by atoms with Gasteiger partial charge in [-0.05, 0) is 42.3 Å². The second-order valence-electron chi connectivity index (χ2n) is 6.47. The second kappa shape index (κ2) is 8.97. The number of hydrogen-bond acceptors (Lipinski definition) is 5. The van der Waals surface area contributed by atoms with Gasteiger partial charge in [0.2, 0.25) is 0 Å². The van der Waals surface area contributed by atoms with Crippen molar-refractivity contribution in [3.8, 4) is 17.0 Å². The number of methoxy groups -OCH3 is 1. The molecule has 1 aromatic heterocycles. The van der Waals surface area contributed by atoms with Gasteiger partial charge in [-0.25, -0.2) is 0 Å². The van der Waals surface area contributed by atoms with Crippen molar-refractivity contribution in [3.05, 3.63) is 82.0 Å². The molecule has 148 valence electrons. The number of nitrogens with one attached hydrogen (secondary N) is 1. The maximum absolute atomic E-state index is 12.5. The Balaban J connectivity index is 1.76. The van der Waals surface area contributed by atoms with E-state index in [0.29, 0.717) is 11.3 Å². The molecule has 7 heteroatoms. The number of carbonyl (C=O) groups is 1. The van der Waals surface area contributed by atoms with Crippen LogP contribution in [0.5, 0.6) is 5.75 Å². The van der Waals surface area contributed by atoms with E-state index in [-0.39, 0.29) is 11.4 Å². The Morgan fingerprint density at radius 2 is 1.90 bits per heavy atom. The third-order valence-corrected chi connectivity index (χ3v) is 4.46. The zero-order valence-corrected chi connectivity index (χ0v) is 16.2. The second-order valence-corrected chi connectivity index (χ2v) is 6.47. The van der Waals surface area contributed by atoms with Gasteiger partial charge in [0.05, 0.1) is 23.8 Å². The Morgan fingerprint density at radius 1 is 1.14 bits per heavy atom. The van der Waals surface area contributed by atoms with Gasteiger partial charge < -0.3 is 10.1 Å². The minimum absolute atomic E-state index is 0.109. The van der Waals surface area contributed by atoms with E-state index < -0.39 is 10.8 Å². The molecule has 0 bridgehead atoms. The molecule has 0 fully saturated rings. The Morgan fingerprint density at radius 3 is 2.48 bits per heavy atom. The maximum Gasteiger partial charge on any atom is 0.296 e. The van der Waals surface area contributed by atoms with Crippen LogP contribution in [0, 0.1) is 10.1 Å². The molecule has 1 heterocycles. The van der Waals surface area contributed by atoms with Gasteiger partial charge in [0.25, 0.3) is 11.6 Å². The Kier molecular flexibility index (Phi) is 6.19. The smallest absolute Gasteiger partial charge is 0.296 e. The van der Waals surface area contributed by atoms with E-state index in [0.717, 1.165) is 24.1 Å². The van der Waals surface area contributed by atoms with E-state index in [1.807, 2.05) is 12.3 Å². The number of nitro benzene ring substituents is 1. The average Bonchev–Trinajstić information content (AvgIpc) is 2.74. The number of amides is 1. The normalized spacial score (nSPS) is 10.4. The summed E-state index contributed by atoms with van der Waals surface area (Å²) in [5, 5.41) is 13.9. The molecule has 0 atom stereocenters. The quantitative estimate of drug-likeness (QED) is 0.458. The summed E-state index contributed by atoms with van der Waals surface area (Å²) in [6, 6.07) is 15.2. The van der Waals surface area contributed by atoms with Crippen molar-refractivity contribution in [2.24, 2.45) is 0 Å². The first-order valence-corrected chi connectivity index (χ1v) is 9.21. The molecule has 3 aromatic rings. The molecule has 0 aliphatic rings. The van der Waals surface area contributed by atoms with E-state index in [1.165, 1.54) is 24.8 Å². The average molecular weight is 391 g/mol. The van der Waals surface area contributed by atoms with E-state index in [2.05, 4.69) is 23.3 Å². The molecule has 0 aliphatic carbocycles. The molecule has 1 amide bonds. The van der Waals surface area contributed by atoms with Crippen LogP contribution in [0.3, 0.4) is 0 Å². The molecule has 0 unspecified atom stereocenters. The summed E-state index contributed by atoms with van der Waals surface area (Å²) >= 11 is 0. The van der Waals surface area contributed by atoms with Gasteiger partial charge in [0, 0.05) is 17.3 Å². The van der Waals surface area contributed by atoms with Crippen LogP contribution in [0.4, 0.5) is 11.4 Å². The highest BCUT2D eigenvalue weighted by Gasteiger charge is 2.18. The van der Waals surface area contributed by atoms with Gasteiger partial charge in [-0.15, -0.1) is 0 Å². The molecule has 3 rings (SSSR count). The third-order valence-electron chi connectivity index (χ3n) is 4.46. The van der Waals surface area contributed by atoms with Crippen LogP contribution in [0.15, 0.2) is 60.8 Å². The topological polar surface area (TPSA) is 94.4 Å². The number of anilines is 1. The van der Waals surface area contributed by atoms with Crippen LogP contribution < -0.4 is 10.1 Å². The van der Waals surface area contributed by atoms with Gasteiger partial charge in [-0.1, -0.05) is 31.5 Å². The lowest BCUT2D eigenvalue weighted by molar-refractivity contribution is -0.384. The number of nitrogens with zero attached hydrogens (tertiary/aromatic N) is 2. The summed E-state index contributed by atoms with van der Waals surface area (Å²) in [6.45, 7) is 2.12. The van der Waals surface area contributed by atoms with Gasteiger partial charge in [0.1, 0.15) is 11.4 Å². The SMILES string of the molecule is CCCc1ccc(-c2ccc(C(=O)Nc3ccc(OC)cc3[N+](=O)[O-])cc2)nc1. The minimum Gasteiger partial charge on any atom is -0.496 e. The van der Waals surface area contributed by atoms with Gasteiger partial charge in [-0.2, -0.15) is 0 Å². The van der Waals surface area contributed by atoms with E-state index >= 15 is 0 Å². The lowest BCUT2D eigenvalue weighted by Crippen LogP contribution is -2.13. The number of pyridine rings is 1.